The molecule has 1 fully saturated rings. The highest BCUT2D eigenvalue weighted by Gasteiger charge is 2.08. The number of rotatable bonds is 1. The third-order valence-electron chi connectivity index (χ3n) is 2.63. The summed E-state index contributed by atoms with van der Waals surface area (Å²) in [5.74, 6) is 0. The van der Waals surface area contributed by atoms with E-state index in [1.54, 1.807) is 0 Å². The molecule has 0 spiro atoms. The van der Waals surface area contributed by atoms with Crippen molar-refractivity contribution in [2.75, 3.05) is 18.0 Å². The number of nitrogens with zero attached hydrogens (tertiary/aromatic N) is 2. The van der Waals surface area contributed by atoms with Crippen molar-refractivity contribution >= 4 is 5.69 Å². The maximum Gasteiger partial charge on any atom is 0.0397 e. The molecule has 0 N–H and O–H groups in total. The van der Waals surface area contributed by atoms with Crippen molar-refractivity contribution in [1.82, 2.24) is 4.98 Å². The third kappa shape index (κ3) is 2.20. The molecule has 0 saturated carbocycles. The second kappa shape index (κ2) is 4.26. The number of aromatic nitrogens is 1. The highest BCUT2D eigenvalue weighted by Crippen LogP contribution is 2.17. The molecule has 2 heterocycles. The molecule has 0 amide bonds. The van der Waals surface area contributed by atoms with Crippen LogP contribution in [0.4, 0.5) is 5.69 Å². The molecule has 1 aliphatic heterocycles. The third-order valence-corrected chi connectivity index (χ3v) is 2.63. The summed E-state index contributed by atoms with van der Waals surface area (Å²) in [6, 6.07) is 4.20. The van der Waals surface area contributed by atoms with Gasteiger partial charge in [0.1, 0.15) is 0 Å². The first-order valence-electron chi connectivity index (χ1n) is 5.12. The molecule has 1 aliphatic rings. The summed E-state index contributed by atoms with van der Waals surface area (Å²) in [6.07, 6.45) is 9.20. The maximum atomic E-state index is 4.04. The van der Waals surface area contributed by atoms with Gasteiger partial charge in [0, 0.05) is 31.2 Å². The Kier molecular flexibility index (Phi) is 2.80. The van der Waals surface area contributed by atoms with Gasteiger partial charge in [-0.1, -0.05) is 12.8 Å². The van der Waals surface area contributed by atoms with Crippen molar-refractivity contribution in [2.45, 2.75) is 25.7 Å². The zero-order chi connectivity index (χ0) is 8.93. The van der Waals surface area contributed by atoms with Crippen molar-refractivity contribution < 1.29 is 0 Å². The molecule has 1 aromatic heterocycles. The van der Waals surface area contributed by atoms with Crippen LogP contribution in [0.15, 0.2) is 24.5 Å². The van der Waals surface area contributed by atoms with Crippen LogP contribution in [0.25, 0.3) is 0 Å². The monoisotopic (exact) mass is 176 g/mol. The minimum Gasteiger partial charge on any atom is -0.371 e. The standard InChI is InChI=1S/C11H16N2/c1-2-4-10-13(9-3-1)11-5-7-12-8-6-11/h5-8H,1-4,9-10H2. The lowest BCUT2D eigenvalue weighted by Crippen LogP contribution is -2.23. The van der Waals surface area contributed by atoms with E-state index in [2.05, 4.69) is 22.0 Å². The highest BCUT2D eigenvalue weighted by molar-refractivity contribution is 5.44. The molecular weight excluding hydrogens is 160 g/mol. The van der Waals surface area contributed by atoms with Crippen LogP contribution < -0.4 is 4.90 Å². The summed E-state index contributed by atoms with van der Waals surface area (Å²) in [6.45, 7) is 2.42. The van der Waals surface area contributed by atoms with Crippen molar-refractivity contribution in [1.29, 1.82) is 0 Å². The van der Waals surface area contributed by atoms with Crippen LogP contribution in [-0.4, -0.2) is 18.1 Å². The quantitative estimate of drug-likeness (QED) is 0.653. The lowest BCUT2D eigenvalue weighted by molar-refractivity contribution is 0.726. The van der Waals surface area contributed by atoms with Crippen molar-refractivity contribution in [2.24, 2.45) is 0 Å². The Morgan fingerprint density at radius 2 is 1.54 bits per heavy atom. The molecule has 0 unspecified atom stereocenters. The molecule has 0 aliphatic carbocycles. The number of hydrogen-bond donors (Lipinski definition) is 0. The minimum absolute atomic E-state index is 1.21. The zero-order valence-electron chi connectivity index (χ0n) is 7.95. The van der Waals surface area contributed by atoms with E-state index in [1.807, 2.05) is 12.4 Å². The van der Waals surface area contributed by atoms with Crippen LogP contribution in [0.5, 0.6) is 0 Å². The van der Waals surface area contributed by atoms with Gasteiger partial charge >= 0.3 is 0 Å². The molecule has 0 bridgehead atoms. The Balaban J connectivity index is 2.06. The van der Waals surface area contributed by atoms with Gasteiger partial charge < -0.3 is 4.90 Å². The van der Waals surface area contributed by atoms with Crippen LogP contribution >= 0.6 is 0 Å². The molecule has 0 radical (unpaired) electrons. The highest BCUT2D eigenvalue weighted by atomic mass is 15.1. The molecule has 2 heteroatoms. The minimum atomic E-state index is 1.21. The van der Waals surface area contributed by atoms with Crippen LogP contribution in [0.1, 0.15) is 25.7 Å². The topological polar surface area (TPSA) is 16.1 Å². The van der Waals surface area contributed by atoms with Crippen molar-refractivity contribution in [3.8, 4) is 0 Å². The molecule has 1 saturated heterocycles. The van der Waals surface area contributed by atoms with E-state index >= 15 is 0 Å². The van der Waals surface area contributed by atoms with Crippen LogP contribution in [0.3, 0.4) is 0 Å². The summed E-state index contributed by atoms with van der Waals surface area (Å²) in [5, 5.41) is 0. The number of anilines is 1. The van der Waals surface area contributed by atoms with Gasteiger partial charge in [-0.05, 0) is 25.0 Å². The van der Waals surface area contributed by atoms with Gasteiger partial charge in [-0.15, -0.1) is 0 Å². The van der Waals surface area contributed by atoms with Crippen molar-refractivity contribution in [3.63, 3.8) is 0 Å². The van der Waals surface area contributed by atoms with E-state index in [9.17, 15) is 0 Å². The van der Waals surface area contributed by atoms with E-state index in [4.69, 9.17) is 0 Å². The average Bonchev–Trinajstić information content (AvgIpc) is 2.47. The molecular formula is C11H16N2. The first kappa shape index (κ1) is 8.54. The summed E-state index contributed by atoms with van der Waals surface area (Å²) in [7, 11) is 0. The van der Waals surface area contributed by atoms with Gasteiger partial charge in [0.05, 0.1) is 0 Å². The summed E-state index contributed by atoms with van der Waals surface area (Å²) in [4.78, 5) is 6.50. The largest absolute Gasteiger partial charge is 0.371 e. The van der Waals surface area contributed by atoms with Crippen LogP contribution in [0, 0.1) is 0 Å². The maximum absolute atomic E-state index is 4.04. The number of pyridine rings is 1. The molecule has 2 nitrogen and oxygen atoms in total. The molecule has 2 rings (SSSR count). The molecule has 0 atom stereocenters. The summed E-state index contributed by atoms with van der Waals surface area (Å²) >= 11 is 0. The SMILES string of the molecule is c1cc(N2CCCCCC2)ccn1. The first-order valence-corrected chi connectivity index (χ1v) is 5.12. The van der Waals surface area contributed by atoms with E-state index in [0.29, 0.717) is 0 Å². The summed E-state index contributed by atoms with van der Waals surface area (Å²) < 4.78 is 0. The molecule has 70 valence electrons. The van der Waals surface area contributed by atoms with Gasteiger partial charge in [-0.3, -0.25) is 4.98 Å². The van der Waals surface area contributed by atoms with Gasteiger partial charge in [0.15, 0.2) is 0 Å². The summed E-state index contributed by atoms with van der Waals surface area (Å²) in [5.41, 5.74) is 1.33. The van der Waals surface area contributed by atoms with Crippen LogP contribution in [0.2, 0.25) is 0 Å². The first-order chi connectivity index (χ1) is 6.47. The molecule has 13 heavy (non-hydrogen) atoms. The Bertz CT molecular complexity index is 238. The fraction of sp³-hybridized carbons (Fsp3) is 0.545. The van der Waals surface area contributed by atoms with Crippen LogP contribution in [-0.2, 0) is 0 Å². The second-order valence-electron chi connectivity index (χ2n) is 3.61. The second-order valence-corrected chi connectivity index (χ2v) is 3.61. The lowest BCUT2D eigenvalue weighted by atomic mass is 10.2. The molecule has 1 aromatic rings. The van der Waals surface area contributed by atoms with Gasteiger partial charge in [0.2, 0.25) is 0 Å². The van der Waals surface area contributed by atoms with Gasteiger partial charge in [-0.2, -0.15) is 0 Å². The lowest BCUT2D eigenvalue weighted by Gasteiger charge is -2.21. The van der Waals surface area contributed by atoms with Gasteiger partial charge in [-0.25, -0.2) is 0 Å². The smallest absolute Gasteiger partial charge is 0.0397 e. The Labute approximate surface area is 79.6 Å². The predicted molar refractivity (Wildman–Crippen MR) is 54.9 cm³/mol. The zero-order valence-corrected chi connectivity index (χ0v) is 7.95. The van der Waals surface area contributed by atoms with E-state index in [0.717, 1.165) is 0 Å². The fourth-order valence-electron chi connectivity index (χ4n) is 1.88. The fourth-order valence-corrected chi connectivity index (χ4v) is 1.88. The van der Waals surface area contributed by atoms with Gasteiger partial charge in [0.25, 0.3) is 0 Å². The Hall–Kier alpha value is -1.05. The normalized spacial score (nSPS) is 18.3. The molecule has 0 aromatic carbocycles. The number of hydrogen-bond acceptors (Lipinski definition) is 2. The Morgan fingerprint density at radius 1 is 0.923 bits per heavy atom. The van der Waals surface area contributed by atoms with E-state index < -0.39 is 0 Å². The van der Waals surface area contributed by atoms with E-state index in [1.165, 1.54) is 44.5 Å². The van der Waals surface area contributed by atoms with Crippen molar-refractivity contribution in [3.05, 3.63) is 24.5 Å². The Morgan fingerprint density at radius 3 is 2.15 bits per heavy atom. The van der Waals surface area contributed by atoms with E-state index in [-0.39, 0.29) is 0 Å². The average molecular weight is 176 g/mol. The predicted octanol–water partition coefficient (Wildman–Crippen LogP) is 2.46.